The molecule has 1 fully saturated rings. The summed E-state index contributed by atoms with van der Waals surface area (Å²) in [5.74, 6) is -0.0841. The van der Waals surface area contributed by atoms with Gasteiger partial charge in [-0.05, 0) is 0 Å². The van der Waals surface area contributed by atoms with Crippen molar-refractivity contribution in [1.29, 1.82) is 0 Å². The fourth-order valence-electron chi connectivity index (χ4n) is 1.87. The summed E-state index contributed by atoms with van der Waals surface area (Å²) in [6, 6.07) is 0.529. The van der Waals surface area contributed by atoms with Gasteiger partial charge in [0, 0.05) is 18.2 Å². The molecular formula is C10H11N3O4. The molecule has 1 aliphatic rings. The number of aromatic amines is 1. The third kappa shape index (κ3) is 1.79. The lowest BCUT2D eigenvalue weighted by molar-refractivity contribution is 0.0663. The highest BCUT2D eigenvalue weighted by molar-refractivity contribution is 5.07. The van der Waals surface area contributed by atoms with Crippen molar-refractivity contribution in [2.45, 2.75) is 19.2 Å². The van der Waals surface area contributed by atoms with Gasteiger partial charge in [-0.15, -0.1) is 0 Å². The molecule has 0 aliphatic carbocycles. The first-order chi connectivity index (χ1) is 8.04. The van der Waals surface area contributed by atoms with Crippen molar-refractivity contribution in [2.24, 2.45) is 11.1 Å². The first-order valence-electron chi connectivity index (χ1n) is 5.04. The van der Waals surface area contributed by atoms with E-state index < -0.39 is 23.5 Å². The zero-order chi connectivity index (χ0) is 12.6. The first kappa shape index (κ1) is 11.3. The molecule has 0 amide bonds. The van der Waals surface area contributed by atoms with Gasteiger partial charge in [-0.3, -0.25) is 14.3 Å². The molecule has 3 unspecified atom stereocenters. The molecular weight excluding hydrogens is 226 g/mol. The van der Waals surface area contributed by atoms with E-state index in [4.69, 9.17) is 4.74 Å². The van der Waals surface area contributed by atoms with Crippen molar-refractivity contribution < 1.29 is 4.74 Å². The number of nitroso groups, excluding NO2 is 1. The van der Waals surface area contributed by atoms with Crippen molar-refractivity contribution >= 4 is 0 Å². The molecule has 2 heterocycles. The average Bonchev–Trinajstić information content (AvgIpc) is 2.54. The van der Waals surface area contributed by atoms with E-state index in [1.54, 1.807) is 6.92 Å². The Morgan fingerprint density at radius 3 is 2.76 bits per heavy atom. The molecule has 2 rings (SSSR count). The van der Waals surface area contributed by atoms with Crippen molar-refractivity contribution in [2.75, 3.05) is 0 Å². The largest absolute Gasteiger partial charge is 0.472 e. The van der Waals surface area contributed by atoms with Gasteiger partial charge in [-0.1, -0.05) is 18.7 Å². The molecule has 1 aromatic heterocycles. The molecule has 90 valence electrons. The van der Waals surface area contributed by atoms with Gasteiger partial charge in [-0.25, -0.2) is 4.79 Å². The van der Waals surface area contributed by atoms with Crippen molar-refractivity contribution in [3.8, 4) is 0 Å². The minimum Gasteiger partial charge on any atom is -0.472 e. The monoisotopic (exact) mass is 237 g/mol. The Morgan fingerprint density at radius 2 is 2.24 bits per heavy atom. The van der Waals surface area contributed by atoms with Crippen LogP contribution in [-0.4, -0.2) is 15.6 Å². The summed E-state index contributed by atoms with van der Waals surface area (Å²) in [6.07, 6.45) is 0.651. The Bertz CT molecular complexity index is 573. The maximum atomic E-state index is 11.6. The number of ether oxygens (including phenoxy) is 1. The Labute approximate surface area is 95.7 Å². The lowest BCUT2D eigenvalue weighted by Gasteiger charge is -2.16. The van der Waals surface area contributed by atoms with Gasteiger partial charge >= 0.3 is 5.69 Å². The van der Waals surface area contributed by atoms with Crippen LogP contribution in [-0.2, 0) is 4.74 Å². The Hall–Kier alpha value is -2.18. The molecule has 17 heavy (non-hydrogen) atoms. The van der Waals surface area contributed by atoms with Crippen LogP contribution in [0.15, 0.2) is 39.4 Å². The van der Waals surface area contributed by atoms with E-state index >= 15 is 0 Å². The number of H-pyrrole nitrogens is 1. The Kier molecular flexibility index (Phi) is 2.66. The fourth-order valence-corrected chi connectivity index (χ4v) is 1.87. The average molecular weight is 237 g/mol. The maximum Gasteiger partial charge on any atom is 0.331 e. The van der Waals surface area contributed by atoms with Crippen molar-refractivity contribution in [1.82, 2.24) is 9.55 Å². The van der Waals surface area contributed by atoms with Crippen LogP contribution in [0.3, 0.4) is 0 Å². The lowest BCUT2D eigenvalue weighted by atomic mass is 10.0. The quantitative estimate of drug-likeness (QED) is 0.751. The predicted molar refractivity (Wildman–Crippen MR) is 59.3 cm³/mol. The van der Waals surface area contributed by atoms with Crippen molar-refractivity contribution in [3.05, 3.63) is 50.3 Å². The van der Waals surface area contributed by atoms with Crippen LogP contribution < -0.4 is 11.2 Å². The van der Waals surface area contributed by atoms with Gasteiger partial charge in [-0.2, -0.15) is 4.91 Å². The van der Waals surface area contributed by atoms with Crippen LogP contribution in [0.4, 0.5) is 0 Å². The molecule has 0 spiro atoms. The fraction of sp³-hybridized carbons (Fsp3) is 0.400. The summed E-state index contributed by atoms with van der Waals surface area (Å²) in [5.41, 5.74) is -1.07. The SMILES string of the molecule is C=C1OC(n2ccc(=O)[nH]c2=O)C(C)C1N=O. The second-order valence-corrected chi connectivity index (χ2v) is 3.90. The lowest BCUT2D eigenvalue weighted by Crippen LogP contribution is -2.33. The minimum atomic E-state index is -0.682. The third-order valence-corrected chi connectivity index (χ3v) is 2.79. The Morgan fingerprint density at radius 1 is 1.53 bits per heavy atom. The van der Waals surface area contributed by atoms with E-state index in [1.165, 1.54) is 16.8 Å². The molecule has 0 aromatic carbocycles. The second kappa shape index (κ2) is 4.00. The van der Waals surface area contributed by atoms with E-state index in [-0.39, 0.29) is 11.7 Å². The van der Waals surface area contributed by atoms with Crippen LogP contribution in [0, 0.1) is 10.8 Å². The highest BCUT2D eigenvalue weighted by atomic mass is 16.5. The first-order valence-corrected chi connectivity index (χ1v) is 5.04. The van der Waals surface area contributed by atoms with Gasteiger partial charge in [0.25, 0.3) is 5.56 Å². The molecule has 0 saturated carbocycles. The van der Waals surface area contributed by atoms with Crippen LogP contribution in [0.2, 0.25) is 0 Å². The number of rotatable bonds is 2. The maximum absolute atomic E-state index is 11.6. The highest BCUT2D eigenvalue weighted by Crippen LogP contribution is 2.36. The van der Waals surface area contributed by atoms with E-state index in [1.807, 2.05) is 0 Å². The Balaban J connectivity index is 2.42. The molecule has 1 aliphatic heterocycles. The molecule has 7 nitrogen and oxygen atoms in total. The van der Waals surface area contributed by atoms with Crippen LogP contribution in [0.1, 0.15) is 13.2 Å². The van der Waals surface area contributed by atoms with E-state index in [0.717, 1.165) is 0 Å². The topological polar surface area (TPSA) is 93.5 Å². The molecule has 0 bridgehead atoms. The molecule has 0 radical (unpaired) electrons. The van der Waals surface area contributed by atoms with E-state index in [9.17, 15) is 14.5 Å². The van der Waals surface area contributed by atoms with Gasteiger partial charge in [0.05, 0.1) is 0 Å². The van der Waals surface area contributed by atoms with Crippen LogP contribution in [0.25, 0.3) is 0 Å². The summed E-state index contributed by atoms with van der Waals surface area (Å²) in [5, 5.41) is 2.91. The van der Waals surface area contributed by atoms with Gasteiger partial charge in [0.15, 0.2) is 12.3 Å². The van der Waals surface area contributed by atoms with E-state index in [2.05, 4.69) is 16.7 Å². The van der Waals surface area contributed by atoms with Gasteiger partial charge < -0.3 is 4.74 Å². The summed E-state index contributed by atoms with van der Waals surface area (Å²) >= 11 is 0. The summed E-state index contributed by atoms with van der Waals surface area (Å²) < 4.78 is 6.55. The zero-order valence-electron chi connectivity index (χ0n) is 9.12. The van der Waals surface area contributed by atoms with Crippen LogP contribution in [0.5, 0.6) is 0 Å². The number of nitrogens with zero attached hydrogens (tertiary/aromatic N) is 2. The van der Waals surface area contributed by atoms with Crippen LogP contribution >= 0.6 is 0 Å². The molecule has 3 atom stereocenters. The number of hydrogen-bond donors (Lipinski definition) is 1. The number of aromatic nitrogens is 2. The molecule has 1 aromatic rings. The zero-order valence-corrected chi connectivity index (χ0v) is 9.12. The highest BCUT2D eigenvalue weighted by Gasteiger charge is 2.40. The van der Waals surface area contributed by atoms with E-state index in [0.29, 0.717) is 0 Å². The summed E-state index contributed by atoms with van der Waals surface area (Å²) in [6.45, 7) is 5.31. The molecule has 1 saturated heterocycles. The number of nitrogens with one attached hydrogen (secondary N) is 1. The minimum absolute atomic E-state index is 0.232. The normalized spacial score (nSPS) is 27.8. The van der Waals surface area contributed by atoms with Gasteiger partial charge in [0.1, 0.15) is 5.76 Å². The summed E-state index contributed by atoms with van der Waals surface area (Å²) in [7, 11) is 0. The number of hydrogen-bond acceptors (Lipinski definition) is 5. The van der Waals surface area contributed by atoms with Crippen molar-refractivity contribution in [3.63, 3.8) is 0 Å². The third-order valence-electron chi connectivity index (χ3n) is 2.79. The molecule has 1 N–H and O–H groups in total. The van der Waals surface area contributed by atoms with Gasteiger partial charge in [0.2, 0.25) is 0 Å². The standard InChI is InChI=1S/C10H11N3O4/c1-5-8(12-16)6(2)17-9(5)13-4-3-7(14)11-10(13)15/h3-5,8-9H,2H2,1H3,(H,11,14,15). The molecule has 7 heteroatoms. The summed E-state index contributed by atoms with van der Waals surface area (Å²) in [4.78, 5) is 35.2. The smallest absolute Gasteiger partial charge is 0.331 e. The second-order valence-electron chi connectivity index (χ2n) is 3.90. The predicted octanol–water partition coefficient (Wildman–Crippen LogP) is 0.350.